The first-order chi connectivity index (χ1) is 14.5. The van der Waals surface area contributed by atoms with Crippen LogP contribution in [0.1, 0.15) is 12.5 Å². The maximum Gasteiger partial charge on any atom is 0.266 e. The highest BCUT2D eigenvalue weighted by molar-refractivity contribution is 5.94. The lowest BCUT2D eigenvalue weighted by molar-refractivity contribution is -0.122. The fourth-order valence-electron chi connectivity index (χ4n) is 3.25. The van der Waals surface area contributed by atoms with Crippen LogP contribution in [0, 0.1) is 6.92 Å². The second-order valence-corrected chi connectivity index (χ2v) is 6.94. The Morgan fingerprint density at radius 1 is 1.13 bits per heavy atom. The number of anilines is 1. The highest BCUT2D eigenvalue weighted by atomic mass is 16.7. The van der Waals surface area contributed by atoms with Crippen LogP contribution in [0.5, 0.6) is 23.0 Å². The Morgan fingerprint density at radius 2 is 1.83 bits per heavy atom. The van der Waals surface area contributed by atoms with Gasteiger partial charge in [0.25, 0.3) is 5.91 Å². The van der Waals surface area contributed by atoms with E-state index in [2.05, 4.69) is 10.4 Å². The zero-order chi connectivity index (χ0) is 21.3. The smallest absolute Gasteiger partial charge is 0.266 e. The third-order valence-corrected chi connectivity index (χ3v) is 4.92. The first kappa shape index (κ1) is 19.6. The molecule has 0 saturated heterocycles. The molecule has 2 heterocycles. The molecule has 0 unspecified atom stereocenters. The van der Waals surface area contributed by atoms with Crippen LogP contribution >= 0.6 is 0 Å². The van der Waals surface area contributed by atoms with Gasteiger partial charge in [-0.15, -0.1) is 0 Å². The molecule has 0 fully saturated rings. The van der Waals surface area contributed by atoms with Gasteiger partial charge in [-0.2, -0.15) is 5.10 Å². The SMILES string of the molecule is COc1ccc(-c2nn(C)c(NC(=O)[C@@H](C)Oc3ccc4c(c3)OCO4)c2C)cc1. The molecular weight excluding hydrogens is 386 g/mol. The molecule has 0 aliphatic carbocycles. The Kier molecular flexibility index (Phi) is 5.22. The van der Waals surface area contributed by atoms with Crippen LogP contribution in [0.25, 0.3) is 11.3 Å². The van der Waals surface area contributed by atoms with Crippen molar-refractivity contribution < 1.29 is 23.7 Å². The number of ether oxygens (including phenoxy) is 4. The van der Waals surface area contributed by atoms with E-state index in [0.717, 1.165) is 22.6 Å². The monoisotopic (exact) mass is 409 g/mol. The van der Waals surface area contributed by atoms with Crippen molar-refractivity contribution in [3.63, 3.8) is 0 Å². The van der Waals surface area contributed by atoms with Crippen molar-refractivity contribution in [1.29, 1.82) is 0 Å². The summed E-state index contributed by atoms with van der Waals surface area (Å²) in [6, 6.07) is 12.8. The molecule has 8 heteroatoms. The lowest BCUT2D eigenvalue weighted by Crippen LogP contribution is -2.31. The summed E-state index contributed by atoms with van der Waals surface area (Å²) in [6.07, 6.45) is -0.718. The van der Waals surface area contributed by atoms with Crippen molar-refractivity contribution in [2.24, 2.45) is 7.05 Å². The van der Waals surface area contributed by atoms with Crippen molar-refractivity contribution in [3.05, 3.63) is 48.0 Å². The van der Waals surface area contributed by atoms with Crippen LogP contribution in [0.15, 0.2) is 42.5 Å². The topological polar surface area (TPSA) is 83.8 Å². The van der Waals surface area contributed by atoms with Gasteiger partial charge >= 0.3 is 0 Å². The van der Waals surface area contributed by atoms with E-state index in [1.165, 1.54) is 0 Å². The van der Waals surface area contributed by atoms with E-state index < -0.39 is 6.10 Å². The minimum absolute atomic E-state index is 0.186. The molecule has 1 atom stereocenters. The van der Waals surface area contributed by atoms with E-state index in [4.69, 9.17) is 18.9 Å². The van der Waals surface area contributed by atoms with Gasteiger partial charge in [0.15, 0.2) is 17.6 Å². The van der Waals surface area contributed by atoms with E-state index in [0.29, 0.717) is 23.1 Å². The van der Waals surface area contributed by atoms with E-state index >= 15 is 0 Å². The summed E-state index contributed by atoms with van der Waals surface area (Å²) in [4.78, 5) is 12.7. The Balaban J connectivity index is 1.48. The molecule has 0 bridgehead atoms. The van der Waals surface area contributed by atoms with Crippen molar-refractivity contribution >= 4 is 11.7 Å². The van der Waals surface area contributed by atoms with Gasteiger partial charge in [0.2, 0.25) is 6.79 Å². The predicted molar refractivity (Wildman–Crippen MR) is 111 cm³/mol. The zero-order valence-corrected chi connectivity index (χ0v) is 17.3. The number of hydrogen-bond donors (Lipinski definition) is 1. The molecule has 1 aromatic heterocycles. The summed E-state index contributed by atoms with van der Waals surface area (Å²) in [7, 11) is 3.42. The third kappa shape index (κ3) is 3.76. The van der Waals surface area contributed by atoms with Gasteiger partial charge in [-0.05, 0) is 50.2 Å². The quantitative estimate of drug-likeness (QED) is 0.671. The maximum absolute atomic E-state index is 12.7. The molecule has 156 valence electrons. The third-order valence-electron chi connectivity index (χ3n) is 4.92. The zero-order valence-electron chi connectivity index (χ0n) is 17.3. The molecule has 0 spiro atoms. The highest BCUT2D eigenvalue weighted by Crippen LogP contribution is 2.35. The van der Waals surface area contributed by atoms with Crippen molar-refractivity contribution in [2.75, 3.05) is 19.2 Å². The van der Waals surface area contributed by atoms with E-state index in [9.17, 15) is 4.79 Å². The minimum atomic E-state index is -0.718. The predicted octanol–water partition coefficient (Wildman–Crippen LogP) is 3.54. The fraction of sp³-hybridized carbons (Fsp3) is 0.273. The molecule has 2 aromatic carbocycles. The molecule has 3 aromatic rings. The van der Waals surface area contributed by atoms with Gasteiger partial charge < -0.3 is 24.3 Å². The summed E-state index contributed by atoms with van der Waals surface area (Å²) in [5.41, 5.74) is 2.60. The molecule has 1 N–H and O–H groups in total. The highest BCUT2D eigenvalue weighted by Gasteiger charge is 2.21. The number of methoxy groups -OCH3 is 1. The van der Waals surface area contributed by atoms with E-state index in [1.807, 2.05) is 31.2 Å². The number of nitrogens with zero attached hydrogens (tertiary/aromatic N) is 2. The second kappa shape index (κ2) is 7.98. The van der Waals surface area contributed by atoms with Gasteiger partial charge in [0.05, 0.1) is 12.8 Å². The number of carbonyl (C=O) groups is 1. The van der Waals surface area contributed by atoms with Gasteiger partial charge in [0.1, 0.15) is 17.3 Å². The number of aromatic nitrogens is 2. The van der Waals surface area contributed by atoms with Crippen LogP contribution in [-0.4, -0.2) is 35.7 Å². The molecule has 4 rings (SSSR count). The van der Waals surface area contributed by atoms with E-state index in [-0.39, 0.29) is 12.7 Å². The summed E-state index contributed by atoms with van der Waals surface area (Å²) >= 11 is 0. The molecule has 0 radical (unpaired) electrons. The number of amides is 1. The number of nitrogens with one attached hydrogen (secondary N) is 1. The van der Waals surface area contributed by atoms with Crippen molar-refractivity contribution in [2.45, 2.75) is 20.0 Å². The molecule has 30 heavy (non-hydrogen) atoms. The largest absolute Gasteiger partial charge is 0.497 e. The Labute approximate surface area is 174 Å². The molecule has 1 aliphatic heterocycles. The molecule has 1 amide bonds. The Bertz CT molecular complexity index is 1080. The van der Waals surface area contributed by atoms with E-state index in [1.54, 1.807) is 44.0 Å². The van der Waals surface area contributed by atoms with Gasteiger partial charge in [-0.25, -0.2) is 0 Å². The van der Waals surface area contributed by atoms with Crippen LogP contribution < -0.4 is 24.3 Å². The maximum atomic E-state index is 12.7. The van der Waals surface area contributed by atoms with Crippen LogP contribution in [0.2, 0.25) is 0 Å². The number of fused-ring (bicyclic) bond motifs is 1. The summed E-state index contributed by atoms with van der Waals surface area (Å²) < 4.78 is 23.3. The lowest BCUT2D eigenvalue weighted by atomic mass is 10.1. The number of aryl methyl sites for hydroxylation is 1. The number of rotatable bonds is 6. The van der Waals surface area contributed by atoms with Crippen LogP contribution in [0.3, 0.4) is 0 Å². The summed E-state index contributed by atoms with van der Waals surface area (Å²) in [6.45, 7) is 3.80. The first-order valence-electron chi connectivity index (χ1n) is 9.51. The summed E-state index contributed by atoms with van der Waals surface area (Å²) in [5, 5.41) is 7.48. The van der Waals surface area contributed by atoms with Crippen molar-refractivity contribution in [3.8, 4) is 34.3 Å². The lowest BCUT2D eigenvalue weighted by Gasteiger charge is -2.15. The molecule has 8 nitrogen and oxygen atoms in total. The van der Waals surface area contributed by atoms with Crippen LogP contribution in [-0.2, 0) is 11.8 Å². The normalized spacial score (nSPS) is 13.1. The Morgan fingerprint density at radius 3 is 2.57 bits per heavy atom. The van der Waals surface area contributed by atoms with Gasteiger partial charge in [-0.3, -0.25) is 9.48 Å². The molecular formula is C22H23N3O5. The van der Waals surface area contributed by atoms with Gasteiger partial charge in [0, 0.05) is 24.2 Å². The minimum Gasteiger partial charge on any atom is -0.497 e. The summed E-state index contributed by atoms with van der Waals surface area (Å²) in [5.74, 6) is 2.91. The second-order valence-electron chi connectivity index (χ2n) is 6.94. The standard InChI is InChI=1S/C22H23N3O5/c1-13-20(15-5-7-16(27-4)8-6-15)24-25(3)21(13)23-22(26)14(2)30-17-9-10-18-19(11-17)29-12-28-18/h5-11,14H,12H2,1-4H3,(H,23,26)/t14-/m1/s1. The van der Waals surface area contributed by atoms with Crippen molar-refractivity contribution in [1.82, 2.24) is 9.78 Å². The first-order valence-corrected chi connectivity index (χ1v) is 9.51. The number of carbonyl (C=O) groups excluding carboxylic acids is 1. The Hall–Kier alpha value is -3.68. The molecule has 0 saturated carbocycles. The fourth-order valence-corrected chi connectivity index (χ4v) is 3.25. The average Bonchev–Trinajstić information content (AvgIpc) is 3.33. The molecule has 1 aliphatic rings. The number of hydrogen-bond acceptors (Lipinski definition) is 6. The number of benzene rings is 2. The van der Waals surface area contributed by atoms with Crippen LogP contribution in [0.4, 0.5) is 5.82 Å². The van der Waals surface area contributed by atoms with Gasteiger partial charge in [-0.1, -0.05) is 0 Å². The average molecular weight is 409 g/mol.